The molecule has 0 aliphatic rings. The first kappa shape index (κ1) is 12.8. The Morgan fingerprint density at radius 2 is 2.06 bits per heavy atom. The predicted molar refractivity (Wildman–Crippen MR) is 74.6 cm³/mol. The third-order valence-corrected chi connectivity index (χ3v) is 3.25. The lowest BCUT2D eigenvalue weighted by Crippen LogP contribution is -2.20. The first-order chi connectivity index (χ1) is 8.86. The third-order valence-electron chi connectivity index (χ3n) is 3.25. The Morgan fingerprint density at radius 3 is 2.78 bits per heavy atom. The Kier molecular flexibility index (Phi) is 4.97. The summed E-state index contributed by atoms with van der Waals surface area (Å²) in [5, 5.41) is 3.48. The lowest BCUT2D eigenvalue weighted by atomic mass is 9.98. The van der Waals surface area contributed by atoms with E-state index in [2.05, 4.69) is 52.5 Å². The monoisotopic (exact) mass is 243 g/mol. The number of benzene rings is 1. The summed E-state index contributed by atoms with van der Waals surface area (Å²) in [6.07, 6.45) is 5.80. The number of nitrogens with zero attached hydrogens (tertiary/aromatic N) is 1. The molecule has 1 aromatic heterocycles. The van der Waals surface area contributed by atoms with Gasteiger partial charge in [-0.3, -0.25) is 0 Å². The number of aromatic amines is 1. The van der Waals surface area contributed by atoms with E-state index in [-0.39, 0.29) is 0 Å². The van der Waals surface area contributed by atoms with Crippen molar-refractivity contribution in [2.24, 2.45) is 0 Å². The van der Waals surface area contributed by atoms with E-state index in [1.165, 1.54) is 17.7 Å². The van der Waals surface area contributed by atoms with Crippen LogP contribution in [0.5, 0.6) is 0 Å². The number of hydrogen-bond donors (Lipinski definition) is 2. The average molecular weight is 243 g/mol. The normalized spacial score (nSPS) is 12.5. The van der Waals surface area contributed by atoms with Crippen LogP contribution in [0, 0.1) is 0 Å². The minimum atomic E-state index is 0.617. The van der Waals surface area contributed by atoms with Crippen molar-refractivity contribution in [3.05, 3.63) is 54.1 Å². The zero-order valence-corrected chi connectivity index (χ0v) is 10.9. The summed E-state index contributed by atoms with van der Waals surface area (Å²) in [6.45, 7) is 4.35. The van der Waals surface area contributed by atoms with Gasteiger partial charge >= 0.3 is 0 Å². The van der Waals surface area contributed by atoms with Gasteiger partial charge in [0.2, 0.25) is 0 Å². The molecule has 1 atom stereocenters. The van der Waals surface area contributed by atoms with E-state index in [0.29, 0.717) is 5.92 Å². The fourth-order valence-electron chi connectivity index (χ4n) is 2.04. The third kappa shape index (κ3) is 4.00. The highest BCUT2D eigenvalue weighted by Crippen LogP contribution is 2.17. The molecule has 1 aromatic carbocycles. The van der Waals surface area contributed by atoms with Gasteiger partial charge in [0.05, 0.1) is 6.33 Å². The zero-order valence-electron chi connectivity index (χ0n) is 10.9. The van der Waals surface area contributed by atoms with Crippen LogP contribution in [0.1, 0.15) is 30.5 Å². The van der Waals surface area contributed by atoms with Gasteiger partial charge < -0.3 is 10.3 Å². The fourth-order valence-corrected chi connectivity index (χ4v) is 2.04. The Balaban J connectivity index is 1.61. The van der Waals surface area contributed by atoms with Gasteiger partial charge in [0.15, 0.2) is 0 Å². The number of hydrogen-bond acceptors (Lipinski definition) is 2. The molecule has 1 heterocycles. The molecular weight excluding hydrogens is 222 g/mol. The highest BCUT2D eigenvalue weighted by molar-refractivity contribution is 5.18. The summed E-state index contributed by atoms with van der Waals surface area (Å²) in [7, 11) is 0. The van der Waals surface area contributed by atoms with Crippen molar-refractivity contribution in [1.82, 2.24) is 15.3 Å². The van der Waals surface area contributed by atoms with Crippen molar-refractivity contribution in [3.63, 3.8) is 0 Å². The van der Waals surface area contributed by atoms with E-state index in [1.54, 1.807) is 6.33 Å². The van der Waals surface area contributed by atoms with Crippen LogP contribution in [0.2, 0.25) is 0 Å². The van der Waals surface area contributed by atoms with Crippen molar-refractivity contribution in [2.45, 2.75) is 25.7 Å². The van der Waals surface area contributed by atoms with Gasteiger partial charge in [-0.15, -0.1) is 0 Å². The van der Waals surface area contributed by atoms with Crippen molar-refractivity contribution in [1.29, 1.82) is 0 Å². The molecule has 0 spiro atoms. The molecule has 2 N–H and O–H groups in total. The molecule has 2 aromatic rings. The Labute approximate surface area is 109 Å². The van der Waals surface area contributed by atoms with Crippen LogP contribution in [-0.4, -0.2) is 23.1 Å². The van der Waals surface area contributed by atoms with Gasteiger partial charge in [0.1, 0.15) is 0 Å². The Bertz CT molecular complexity index is 422. The number of nitrogens with one attached hydrogen (secondary N) is 2. The molecule has 3 nitrogen and oxygen atoms in total. The summed E-state index contributed by atoms with van der Waals surface area (Å²) >= 11 is 0. The van der Waals surface area contributed by atoms with Crippen molar-refractivity contribution in [2.75, 3.05) is 13.1 Å². The standard InChI is InChI=1S/C15H21N3/c1-13(14-5-3-2-4-6-14)7-9-16-10-8-15-11-17-12-18-15/h2-6,11-13,16H,7-10H2,1H3,(H,17,18). The summed E-state index contributed by atoms with van der Waals surface area (Å²) in [5.74, 6) is 0.617. The molecule has 0 bridgehead atoms. The Morgan fingerprint density at radius 1 is 1.22 bits per heavy atom. The van der Waals surface area contributed by atoms with Gasteiger partial charge in [0, 0.05) is 24.9 Å². The van der Waals surface area contributed by atoms with Crippen LogP contribution in [0.3, 0.4) is 0 Å². The minimum absolute atomic E-state index is 0.617. The summed E-state index contributed by atoms with van der Waals surface area (Å²) in [6, 6.07) is 10.7. The van der Waals surface area contributed by atoms with Crippen molar-refractivity contribution >= 4 is 0 Å². The van der Waals surface area contributed by atoms with E-state index >= 15 is 0 Å². The van der Waals surface area contributed by atoms with Gasteiger partial charge in [-0.2, -0.15) is 0 Å². The molecule has 3 heteroatoms. The molecule has 0 aliphatic carbocycles. The topological polar surface area (TPSA) is 40.7 Å². The molecule has 18 heavy (non-hydrogen) atoms. The Hall–Kier alpha value is -1.61. The van der Waals surface area contributed by atoms with Crippen LogP contribution < -0.4 is 5.32 Å². The highest BCUT2D eigenvalue weighted by atomic mass is 14.9. The second-order valence-corrected chi connectivity index (χ2v) is 4.68. The summed E-state index contributed by atoms with van der Waals surface area (Å²) < 4.78 is 0. The number of rotatable bonds is 7. The molecule has 96 valence electrons. The summed E-state index contributed by atoms with van der Waals surface area (Å²) in [4.78, 5) is 7.12. The maximum Gasteiger partial charge on any atom is 0.0921 e. The molecule has 0 radical (unpaired) electrons. The second kappa shape index (κ2) is 6.97. The van der Waals surface area contributed by atoms with Gasteiger partial charge in [-0.25, -0.2) is 4.98 Å². The molecule has 0 saturated carbocycles. The number of H-pyrrole nitrogens is 1. The molecule has 0 saturated heterocycles. The zero-order chi connectivity index (χ0) is 12.6. The van der Waals surface area contributed by atoms with Crippen LogP contribution in [0.4, 0.5) is 0 Å². The highest BCUT2D eigenvalue weighted by Gasteiger charge is 2.03. The van der Waals surface area contributed by atoms with Crippen molar-refractivity contribution < 1.29 is 0 Å². The van der Waals surface area contributed by atoms with Crippen LogP contribution >= 0.6 is 0 Å². The lowest BCUT2D eigenvalue weighted by molar-refractivity contribution is 0.593. The smallest absolute Gasteiger partial charge is 0.0921 e. The van der Waals surface area contributed by atoms with Crippen LogP contribution in [0.15, 0.2) is 42.9 Å². The number of aromatic nitrogens is 2. The second-order valence-electron chi connectivity index (χ2n) is 4.68. The SMILES string of the molecule is CC(CCNCCc1cnc[nH]1)c1ccccc1. The maximum atomic E-state index is 4.01. The summed E-state index contributed by atoms with van der Waals surface area (Å²) in [5.41, 5.74) is 2.62. The van der Waals surface area contributed by atoms with Gasteiger partial charge in [-0.05, 0) is 24.4 Å². The lowest BCUT2D eigenvalue weighted by Gasteiger charge is -2.12. The van der Waals surface area contributed by atoms with E-state index in [1.807, 2.05) is 6.20 Å². The van der Waals surface area contributed by atoms with E-state index in [4.69, 9.17) is 0 Å². The van der Waals surface area contributed by atoms with Crippen LogP contribution in [0.25, 0.3) is 0 Å². The quantitative estimate of drug-likeness (QED) is 0.734. The fraction of sp³-hybridized carbons (Fsp3) is 0.400. The molecule has 2 rings (SSSR count). The van der Waals surface area contributed by atoms with E-state index < -0.39 is 0 Å². The minimum Gasteiger partial charge on any atom is -0.348 e. The molecule has 0 fully saturated rings. The largest absolute Gasteiger partial charge is 0.348 e. The number of imidazole rings is 1. The van der Waals surface area contributed by atoms with Gasteiger partial charge in [0.25, 0.3) is 0 Å². The first-order valence-corrected chi connectivity index (χ1v) is 6.59. The molecule has 1 unspecified atom stereocenters. The van der Waals surface area contributed by atoms with E-state index in [9.17, 15) is 0 Å². The maximum absolute atomic E-state index is 4.01. The van der Waals surface area contributed by atoms with Crippen LogP contribution in [-0.2, 0) is 6.42 Å². The van der Waals surface area contributed by atoms with E-state index in [0.717, 1.165) is 19.5 Å². The first-order valence-electron chi connectivity index (χ1n) is 6.59. The van der Waals surface area contributed by atoms with Gasteiger partial charge in [-0.1, -0.05) is 37.3 Å². The molecule has 0 amide bonds. The molecule has 0 aliphatic heterocycles. The predicted octanol–water partition coefficient (Wildman–Crippen LogP) is 2.74. The average Bonchev–Trinajstić information content (AvgIpc) is 2.92. The molecular formula is C15H21N3. The van der Waals surface area contributed by atoms with Crippen molar-refractivity contribution in [3.8, 4) is 0 Å².